The minimum atomic E-state index is -1.08. The molecule has 0 aromatic heterocycles. The van der Waals surface area contributed by atoms with Crippen molar-refractivity contribution in [2.45, 2.75) is 11.7 Å². The normalized spacial score (nSPS) is 9.13. The van der Waals surface area contributed by atoms with Crippen LogP contribution >= 0.6 is 8.69 Å². The van der Waals surface area contributed by atoms with E-state index in [1.165, 1.54) is 4.46 Å². The Morgan fingerprint density at radius 2 is 1.93 bits per heavy atom. The molecule has 1 N–H and O–H groups in total. The third kappa shape index (κ3) is 9.57. The molecule has 1 rings (SSSR count). The molecule has 0 fully saturated rings. The van der Waals surface area contributed by atoms with E-state index in [0.29, 0.717) is 0 Å². The molecule has 0 amide bonds. The molecule has 0 bridgehead atoms. The summed E-state index contributed by atoms with van der Waals surface area (Å²) in [5, 5.41) is 9.11. The summed E-state index contributed by atoms with van der Waals surface area (Å²) in [6, 6.07) is 9.93. The topological polar surface area (TPSA) is 77.4 Å². The van der Waals surface area contributed by atoms with Crippen LogP contribution in [0.25, 0.3) is 0 Å². The van der Waals surface area contributed by atoms with E-state index in [9.17, 15) is 4.79 Å². The van der Waals surface area contributed by atoms with Gasteiger partial charge in [0.1, 0.15) is 0 Å². The average Bonchev–Trinajstić information content (AvgIpc) is 2.20. The quantitative estimate of drug-likeness (QED) is 0.649. The zero-order valence-electron chi connectivity index (χ0n) is 7.77. The fourth-order valence-corrected chi connectivity index (χ4v) is 1.88. The first-order chi connectivity index (χ1) is 7.20. The number of carboxylic acids is 1. The Morgan fingerprint density at radius 1 is 1.40 bits per heavy atom. The number of aliphatic carboxylic acids is 1. The van der Waals surface area contributed by atoms with Crippen molar-refractivity contribution in [3.63, 3.8) is 0 Å². The molecule has 6 heteroatoms. The summed E-state index contributed by atoms with van der Waals surface area (Å²) >= 11 is 0.854. The van der Waals surface area contributed by atoms with Gasteiger partial charge >= 0.3 is 77.4 Å². The van der Waals surface area contributed by atoms with Crippen molar-refractivity contribution < 1.29 is 34.3 Å². The van der Waals surface area contributed by atoms with Crippen LogP contribution in [0.15, 0.2) is 30.3 Å². The Kier molecular flexibility index (Phi) is 9.33. The number of benzene rings is 1. The van der Waals surface area contributed by atoms with Gasteiger partial charge in [0.2, 0.25) is 0 Å². The van der Waals surface area contributed by atoms with Gasteiger partial charge in [-0.2, -0.15) is 0 Å². The molecule has 0 aliphatic carbocycles. The van der Waals surface area contributed by atoms with Gasteiger partial charge in [-0.05, 0) is 0 Å². The second-order valence-corrected chi connectivity index (χ2v) is 4.03. The van der Waals surface area contributed by atoms with Gasteiger partial charge in [0.15, 0.2) is 0 Å². The molecule has 0 heterocycles. The first kappa shape index (κ1) is 14.3. The molecule has 15 heavy (non-hydrogen) atoms. The standard InChI is InChI=1S/C6H5.C3H5O2.Fe.HO2P/c1-2-4-6-5-3-1;1-2-3(4)5;;1-3-2/h1-5H;1-2H2,(H,4,5);;(H,1,2)/q;;+1;/p-1. The van der Waals surface area contributed by atoms with Gasteiger partial charge < -0.3 is 4.89 Å². The maximum absolute atomic E-state index is 10.2. The summed E-state index contributed by atoms with van der Waals surface area (Å²) < 4.78 is 9.55. The molecule has 0 atom stereocenters. The van der Waals surface area contributed by atoms with Gasteiger partial charge in [0.05, 0.1) is 8.69 Å². The van der Waals surface area contributed by atoms with Crippen LogP contribution < -0.4 is 9.36 Å². The predicted octanol–water partition coefficient (Wildman–Crippen LogP) is 0.841. The van der Waals surface area contributed by atoms with Gasteiger partial charge in [-0.3, -0.25) is 4.57 Å². The smallest absolute Gasteiger partial charge is 0.0642 e. The molecule has 0 aliphatic rings. The monoisotopic (exact) mass is 269 g/mol. The van der Waals surface area contributed by atoms with Gasteiger partial charge in [-0.1, -0.05) is 0 Å². The molecule has 0 aliphatic heterocycles. The average molecular weight is 269 g/mol. The Bertz CT molecular complexity index is 291. The number of carbonyl (C=O) groups is 1. The summed E-state index contributed by atoms with van der Waals surface area (Å²) in [6.45, 7) is 0. The van der Waals surface area contributed by atoms with E-state index in [0.717, 1.165) is 20.3 Å². The van der Waals surface area contributed by atoms with Crippen LogP contribution in [-0.2, 0) is 24.3 Å². The molecular formula is C9H10FeO4P. The molecule has 0 unspecified atom stereocenters. The minimum absolute atomic E-state index is 0.259. The van der Waals surface area contributed by atoms with Crippen LogP contribution in [0.2, 0.25) is 5.32 Å². The van der Waals surface area contributed by atoms with Crippen LogP contribution in [0.4, 0.5) is 0 Å². The summed E-state index contributed by atoms with van der Waals surface area (Å²) in [5.41, 5.74) is 0. The largest absolute Gasteiger partial charge is 0.772 e. The number of rotatable bonds is 4. The first-order valence-corrected chi connectivity index (χ1v) is 6.05. The molecule has 1 aromatic rings. The third-order valence-electron chi connectivity index (χ3n) is 1.26. The van der Waals surface area contributed by atoms with Crippen molar-refractivity contribution in [3.05, 3.63) is 30.3 Å². The molecule has 1 aromatic carbocycles. The summed E-state index contributed by atoms with van der Waals surface area (Å²) in [4.78, 5) is 18.5. The van der Waals surface area contributed by atoms with E-state index >= 15 is 0 Å². The molecule has 0 radical (unpaired) electrons. The Balaban J connectivity index is 0.000000583. The van der Waals surface area contributed by atoms with Crippen LogP contribution in [0.3, 0.4) is 0 Å². The first-order valence-electron chi connectivity index (χ1n) is 3.98. The summed E-state index contributed by atoms with van der Waals surface area (Å²) in [5.74, 6) is -0.717. The minimum Gasteiger partial charge on any atom is -0.772 e. The van der Waals surface area contributed by atoms with E-state index in [1.807, 2.05) is 30.3 Å². The molecule has 4 nitrogen and oxygen atoms in total. The fourth-order valence-electron chi connectivity index (χ4n) is 0.715. The summed E-state index contributed by atoms with van der Waals surface area (Å²) in [7, 11) is -1.08. The van der Waals surface area contributed by atoms with Crippen LogP contribution in [0.1, 0.15) is 6.42 Å². The number of hydrogen-bond donors (Lipinski definition) is 1. The maximum Gasteiger partial charge on any atom is 0.0642 e. The van der Waals surface area contributed by atoms with E-state index in [1.54, 1.807) is 0 Å². The Labute approximate surface area is 95.8 Å². The van der Waals surface area contributed by atoms with Crippen molar-refractivity contribution in [2.24, 2.45) is 0 Å². The van der Waals surface area contributed by atoms with Crippen molar-refractivity contribution >= 4 is 19.1 Å². The molecular weight excluding hydrogens is 259 g/mol. The van der Waals surface area contributed by atoms with Gasteiger partial charge in [0.25, 0.3) is 0 Å². The molecule has 83 valence electrons. The zero-order chi connectivity index (χ0) is 11.5. The van der Waals surface area contributed by atoms with Gasteiger partial charge in [-0.25, -0.2) is 0 Å². The second kappa shape index (κ2) is 9.81. The molecule has 0 spiro atoms. The SMILES string of the molecule is O=C(O)C[CH2][Fe+][c]1ccccc1.O=P[O-]. The maximum atomic E-state index is 10.2. The van der Waals surface area contributed by atoms with E-state index in [4.69, 9.17) is 14.6 Å². The van der Waals surface area contributed by atoms with Crippen molar-refractivity contribution in [1.29, 1.82) is 0 Å². The van der Waals surface area contributed by atoms with Crippen LogP contribution in [0, 0.1) is 0 Å². The number of carboxylic acid groups (broad SMARTS) is 1. The Morgan fingerprint density at radius 3 is 2.40 bits per heavy atom. The van der Waals surface area contributed by atoms with E-state index < -0.39 is 14.7 Å². The van der Waals surface area contributed by atoms with E-state index in [-0.39, 0.29) is 6.42 Å². The predicted molar refractivity (Wildman–Crippen MR) is 50.7 cm³/mol. The zero-order valence-corrected chi connectivity index (χ0v) is 9.77. The Hall–Kier alpha value is -0.731. The van der Waals surface area contributed by atoms with Crippen molar-refractivity contribution in [2.75, 3.05) is 0 Å². The summed E-state index contributed by atoms with van der Waals surface area (Å²) in [6.07, 6.45) is 0.259. The van der Waals surface area contributed by atoms with Crippen molar-refractivity contribution in [1.82, 2.24) is 0 Å². The number of hydrogen-bond acceptors (Lipinski definition) is 3. The van der Waals surface area contributed by atoms with Crippen molar-refractivity contribution in [3.8, 4) is 0 Å². The van der Waals surface area contributed by atoms with Gasteiger partial charge in [-0.15, -0.1) is 0 Å². The fraction of sp³-hybridized carbons (Fsp3) is 0.222. The van der Waals surface area contributed by atoms with Gasteiger partial charge in [0, 0.05) is 0 Å². The van der Waals surface area contributed by atoms with Crippen LogP contribution in [0.5, 0.6) is 0 Å². The second-order valence-electron chi connectivity index (χ2n) is 2.30. The molecule has 0 saturated heterocycles. The van der Waals surface area contributed by atoms with E-state index in [2.05, 4.69) is 0 Å². The van der Waals surface area contributed by atoms with Crippen LogP contribution in [-0.4, -0.2) is 11.1 Å². The molecule has 0 saturated carbocycles. The third-order valence-corrected chi connectivity index (χ3v) is 2.63.